The van der Waals surface area contributed by atoms with Crippen LogP contribution >= 0.6 is 0 Å². The van der Waals surface area contributed by atoms with Gasteiger partial charge in [-0.2, -0.15) is 0 Å². The first-order valence-corrected chi connectivity index (χ1v) is 6.81. The number of ether oxygens (including phenoxy) is 1. The first kappa shape index (κ1) is 17.2. The maximum atomic E-state index is 13.1. The molecule has 0 bridgehead atoms. The van der Waals surface area contributed by atoms with Crippen molar-refractivity contribution in [1.82, 2.24) is 10.2 Å². The van der Waals surface area contributed by atoms with Crippen LogP contribution < -0.4 is 5.32 Å². The van der Waals surface area contributed by atoms with E-state index in [-0.39, 0.29) is 11.8 Å². The number of halogens is 1. The van der Waals surface area contributed by atoms with Gasteiger partial charge in [0, 0.05) is 26.7 Å². The predicted molar refractivity (Wildman–Crippen MR) is 78.6 cm³/mol. The second-order valence-electron chi connectivity index (χ2n) is 5.86. The van der Waals surface area contributed by atoms with Crippen molar-refractivity contribution in [2.45, 2.75) is 32.9 Å². The quantitative estimate of drug-likeness (QED) is 0.820. The molecule has 0 fully saturated rings. The molecule has 0 saturated carbocycles. The van der Waals surface area contributed by atoms with E-state index in [9.17, 15) is 9.18 Å². The molecule has 1 rings (SSSR count). The van der Waals surface area contributed by atoms with Crippen molar-refractivity contribution in [1.29, 1.82) is 0 Å². The maximum Gasteiger partial charge on any atom is 0.410 e. The molecule has 118 valence electrons. The van der Waals surface area contributed by atoms with E-state index in [1.54, 1.807) is 13.1 Å². The Morgan fingerprint density at radius 1 is 1.43 bits per heavy atom. The number of carbonyl (C=O) groups is 1. The van der Waals surface area contributed by atoms with Crippen LogP contribution in [0.15, 0.2) is 18.2 Å². The minimum Gasteiger partial charge on any atom is -0.505 e. The highest BCUT2D eigenvalue weighted by Gasteiger charge is 2.18. The maximum absolute atomic E-state index is 13.1. The van der Waals surface area contributed by atoms with E-state index in [1.165, 1.54) is 17.0 Å². The van der Waals surface area contributed by atoms with Crippen LogP contribution in [-0.2, 0) is 11.3 Å². The zero-order chi connectivity index (χ0) is 16.0. The highest BCUT2D eigenvalue weighted by Crippen LogP contribution is 2.15. The fraction of sp³-hybridized carbons (Fsp3) is 0.533. The van der Waals surface area contributed by atoms with Gasteiger partial charge in [0.15, 0.2) is 11.6 Å². The van der Waals surface area contributed by atoms with Crippen LogP contribution in [0.1, 0.15) is 26.3 Å². The Labute approximate surface area is 124 Å². The van der Waals surface area contributed by atoms with Crippen molar-refractivity contribution < 1.29 is 19.0 Å². The second-order valence-corrected chi connectivity index (χ2v) is 5.86. The van der Waals surface area contributed by atoms with E-state index in [0.29, 0.717) is 19.6 Å². The Balaban J connectivity index is 2.30. The summed E-state index contributed by atoms with van der Waals surface area (Å²) in [7, 11) is 1.66. The van der Waals surface area contributed by atoms with Crippen LogP contribution in [0.4, 0.5) is 9.18 Å². The lowest BCUT2D eigenvalue weighted by atomic mass is 10.2. The lowest BCUT2D eigenvalue weighted by Gasteiger charge is -2.24. The summed E-state index contributed by atoms with van der Waals surface area (Å²) in [4.78, 5) is 13.2. The molecular weight excluding hydrogens is 275 g/mol. The summed E-state index contributed by atoms with van der Waals surface area (Å²) in [6.45, 7) is 6.94. The first-order chi connectivity index (χ1) is 9.69. The monoisotopic (exact) mass is 298 g/mol. The summed E-state index contributed by atoms with van der Waals surface area (Å²) < 4.78 is 18.4. The zero-order valence-corrected chi connectivity index (χ0v) is 12.9. The van der Waals surface area contributed by atoms with E-state index in [2.05, 4.69) is 5.32 Å². The van der Waals surface area contributed by atoms with Gasteiger partial charge < -0.3 is 20.1 Å². The molecule has 0 atom stereocenters. The third-order valence-electron chi connectivity index (χ3n) is 2.67. The summed E-state index contributed by atoms with van der Waals surface area (Å²) in [5.74, 6) is -0.997. The van der Waals surface area contributed by atoms with Gasteiger partial charge >= 0.3 is 6.09 Å². The fourth-order valence-corrected chi connectivity index (χ4v) is 1.57. The number of amides is 1. The van der Waals surface area contributed by atoms with E-state index in [0.717, 1.165) is 5.56 Å². The minimum atomic E-state index is -0.639. The van der Waals surface area contributed by atoms with Gasteiger partial charge in [0.25, 0.3) is 0 Å². The van der Waals surface area contributed by atoms with Crippen molar-refractivity contribution in [2.24, 2.45) is 0 Å². The van der Waals surface area contributed by atoms with Gasteiger partial charge in [-0.25, -0.2) is 9.18 Å². The normalized spacial score (nSPS) is 11.3. The number of carbonyl (C=O) groups excluding carboxylic acids is 1. The molecular formula is C15H23FN2O3. The largest absolute Gasteiger partial charge is 0.505 e. The molecule has 1 aromatic carbocycles. The number of hydrogen-bond acceptors (Lipinski definition) is 4. The third kappa shape index (κ3) is 6.44. The van der Waals surface area contributed by atoms with Crippen molar-refractivity contribution in [2.75, 3.05) is 20.1 Å². The smallest absolute Gasteiger partial charge is 0.410 e. The van der Waals surface area contributed by atoms with Crippen molar-refractivity contribution in [3.8, 4) is 5.75 Å². The molecule has 2 N–H and O–H groups in total. The number of hydrogen-bond donors (Lipinski definition) is 2. The van der Waals surface area contributed by atoms with Gasteiger partial charge in [-0.05, 0) is 38.5 Å². The summed E-state index contributed by atoms with van der Waals surface area (Å²) in [5.41, 5.74) is 0.215. The molecule has 1 amide bonds. The lowest BCUT2D eigenvalue weighted by Crippen LogP contribution is -2.37. The second kappa shape index (κ2) is 7.26. The van der Waals surface area contributed by atoms with Gasteiger partial charge in [-0.3, -0.25) is 0 Å². The molecule has 0 heterocycles. The number of rotatable bonds is 5. The van der Waals surface area contributed by atoms with Gasteiger partial charge in [-0.1, -0.05) is 6.07 Å². The summed E-state index contributed by atoms with van der Waals surface area (Å²) in [5, 5.41) is 12.2. The van der Waals surface area contributed by atoms with Crippen LogP contribution in [-0.4, -0.2) is 41.8 Å². The Hall–Kier alpha value is -1.82. The molecule has 0 aromatic heterocycles. The Morgan fingerprint density at radius 3 is 2.67 bits per heavy atom. The molecule has 0 aliphatic carbocycles. The molecule has 0 aliphatic rings. The van der Waals surface area contributed by atoms with Gasteiger partial charge in [0.1, 0.15) is 5.60 Å². The highest BCUT2D eigenvalue weighted by molar-refractivity contribution is 5.67. The average molecular weight is 298 g/mol. The molecule has 6 heteroatoms. The number of benzene rings is 1. The highest BCUT2D eigenvalue weighted by atomic mass is 19.1. The number of nitrogens with one attached hydrogen (secondary N) is 1. The third-order valence-corrected chi connectivity index (χ3v) is 2.67. The molecule has 0 aliphatic heterocycles. The average Bonchev–Trinajstić information content (AvgIpc) is 2.36. The summed E-state index contributed by atoms with van der Waals surface area (Å²) >= 11 is 0. The Morgan fingerprint density at radius 2 is 2.10 bits per heavy atom. The number of phenols is 1. The number of aromatic hydroxyl groups is 1. The van der Waals surface area contributed by atoms with Crippen LogP contribution in [0.5, 0.6) is 5.75 Å². The molecule has 0 radical (unpaired) electrons. The topological polar surface area (TPSA) is 61.8 Å². The van der Waals surface area contributed by atoms with E-state index in [4.69, 9.17) is 9.84 Å². The molecule has 5 nitrogen and oxygen atoms in total. The summed E-state index contributed by atoms with van der Waals surface area (Å²) in [6.07, 6.45) is -0.375. The van der Waals surface area contributed by atoms with E-state index < -0.39 is 11.4 Å². The fourth-order valence-electron chi connectivity index (χ4n) is 1.57. The number of phenolic OH excluding ortho intramolecular Hbond substituents is 1. The minimum absolute atomic E-state index is 0.358. The van der Waals surface area contributed by atoms with Gasteiger partial charge in [0.05, 0.1) is 0 Å². The van der Waals surface area contributed by atoms with Gasteiger partial charge in [-0.15, -0.1) is 0 Å². The SMILES string of the molecule is CN(CCNCc1ccc(O)c(F)c1)C(=O)OC(C)(C)C. The van der Waals surface area contributed by atoms with E-state index in [1.807, 2.05) is 20.8 Å². The molecule has 0 unspecified atom stereocenters. The van der Waals surface area contributed by atoms with Gasteiger partial charge in [0.2, 0.25) is 0 Å². The van der Waals surface area contributed by atoms with E-state index >= 15 is 0 Å². The van der Waals surface area contributed by atoms with Crippen LogP contribution in [0.2, 0.25) is 0 Å². The van der Waals surface area contributed by atoms with Crippen LogP contribution in [0, 0.1) is 5.82 Å². The molecule has 0 spiro atoms. The Kier molecular flexibility index (Phi) is 5.96. The number of nitrogens with zero attached hydrogens (tertiary/aromatic N) is 1. The standard InChI is InChI=1S/C15H23FN2O3/c1-15(2,3)21-14(20)18(4)8-7-17-10-11-5-6-13(19)12(16)9-11/h5-6,9,17,19H,7-8,10H2,1-4H3. The lowest BCUT2D eigenvalue weighted by molar-refractivity contribution is 0.0300. The number of likely N-dealkylation sites (N-methyl/N-ethyl adjacent to an activating group) is 1. The Bertz CT molecular complexity index is 486. The predicted octanol–water partition coefficient (Wildman–Crippen LogP) is 2.49. The molecule has 21 heavy (non-hydrogen) atoms. The molecule has 1 aromatic rings. The van der Waals surface area contributed by atoms with Crippen LogP contribution in [0.25, 0.3) is 0 Å². The van der Waals surface area contributed by atoms with Crippen molar-refractivity contribution in [3.05, 3.63) is 29.6 Å². The molecule has 0 saturated heterocycles. The first-order valence-electron chi connectivity index (χ1n) is 6.81. The summed E-state index contributed by atoms with van der Waals surface area (Å²) in [6, 6.07) is 4.24. The van der Waals surface area contributed by atoms with Crippen molar-refractivity contribution >= 4 is 6.09 Å². The van der Waals surface area contributed by atoms with Crippen molar-refractivity contribution in [3.63, 3.8) is 0 Å². The zero-order valence-electron chi connectivity index (χ0n) is 12.9. The van der Waals surface area contributed by atoms with Crippen LogP contribution in [0.3, 0.4) is 0 Å².